The highest BCUT2D eigenvalue weighted by Crippen LogP contribution is 2.19. The number of rotatable bonds is 8. The number of nitrogens with zero attached hydrogens (tertiary/aromatic N) is 1. The summed E-state index contributed by atoms with van der Waals surface area (Å²) >= 11 is 0. The van der Waals surface area contributed by atoms with Gasteiger partial charge in [-0.25, -0.2) is 4.39 Å². The standard InChI is InChI=1S/C20H23FN4O/c1-2-9-22-20(24-11-8-17-4-3-12-26-17)23-10-7-15-14-25-19-6-5-16(21)13-18(15)19/h2-6,12-14,25H,1,7-11H2,(H2,22,23,24). The highest BCUT2D eigenvalue weighted by Gasteiger charge is 2.05. The van der Waals surface area contributed by atoms with Gasteiger partial charge in [-0.15, -0.1) is 6.58 Å². The molecule has 0 atom stereocenters. The quantitative estimate of drug-likeness (QED) is 0.330. The average molecular weight is 354 g/mol. The molecule has 0 fully saturated rings. The number of halogens is 1. The third kappa shape index (κ3) is 4.75. The molecule has 3 aromatic rings. The summed E-state index contributed by atoms with van der Waals surface area (Å²) in [4.78, 5) is 7.72. The van der Waals surface area contributed by atoms with Gasteiger partial charge in [-0.2, -0.15) is 0 Å². The summed E-state index contributed by atoms with van der Waals surface area (Å²) in [6, 6.07) is 8.60. The molecule has 1 aromatic carbocycles. The lowest BCUT2D eigenvalue weighted by molar-refractivity contribution is 0.510. The molecule has 3 rings (SSSR count). The lowest BCUT2D eigenvalue weighted by atomic mass is 10.1. The topological polar surface area (TPSA) is 65.3 Å². The van der Waals surface area contributed by atoms with Gasteiger partial charge in [0.05, 0.1) is 6.26 Å². The number of H-pyrrole nitrogens is 1. The Morgan fingerprint density at radius 1 is 1.27 bits per heavy atom. The second kappa shape index (κ2) is 8.89. The first kappa shape index (κ1) is 17.8. The predicted octanol–water partition coefficient (Wildman–Crippen LogP) is 3.41. The molecule has 5 nitrogen and oxygen atoms in total. The Balaban J connectivity index is 1.56. The summed E-state index contributed by atoms with van der Waals surface area (Å²) in [5.74, 6) is 1.42. The van der Waals surface area contributed by atoms with Gasteiger partial charge in [0.15, 0.2) is 5.96 Å². The number of guanidine groups is 1. The lowest BCUT2D eigenvalue weighted by Crippen LogP contribution is -2.38. The molecule has 0 radical (unpaired) electrons. The van der Waals surface area contributed by atoms with E-state index >= 15 is 0 Å². The fourth-order valence-corrected chi connectivity index (χ4v) is 2.75. The van der Waals surface area contributed by atoms with Gasteiger partial charge in [0.1, 0.15) is 11.6 Å². The Hall–Kier alpha value is -3.02. The van der Waals surface area contributed by atoms with Crippen LogP contribution in [0.2, 0.25) is 0 Å². The van der Waals surface area contributed by atoms with Crippen molar-refractivity contribution in [2.75, 3.05) is 19.6 Å². The van der Waals surface area contributed by atoms with Crippen molar-refractivity contribution in [1.82, 2.24) is 15.6 Å². The normalized spacial score (nSPS) is 11.7. The van der Waals surface area contributed by atoms with Crippen molar-refractivity contribution in [3.63, 3.8) is 0 Å². The van der Waals surface area contributed by atoms with Gasteiger partial charge < -0.3 is 20.0 Å². The molecule has 0 unspecified atom stereocenters. The second-order valence-corrected chi connectivity index (χ2v) is 5.91. The minimum Gasteiger partial charge on any atom is -0.469 e. The van der Waals surface area contributed by atoms with E-state index in [1.165, 1.54) is 6.07 Å². The van der Waals surface area contributed by atoms with E-state index in [1.54, 1.807) is 24.5 Å². The zero-order valence-electron chi connectivity index (χ0n) is 14.6. The summed E-state index contributed by atoms with van der Waals surface area (Å²) in [6.07, 6.45) is 6.88. The maximum Gasteiger partial charge on any atom is 0.191 e. The Labute approximate surface area is 152 Å². The fraction of sp³-hybridized carbons (Fsp3) is 0.250. The van der Waals surface area contributed by atoms with Crippen molar-refractivity contribution in [1.29, 1.82) is 0 Å². The van der Waals surface area contributed by atoms with Crippen LogP contribution in [0, 0.1) is 5.82 Å². The van der Waals surface area contributed by atoms with Crippen LogP contribution in [0.3, 0.4) is 0 Å². The Morgan fingerprint density at radius 2 is 2.19 bits per heavy atom. The third-order valence-corrected chi connectivity index (χ3v) is 4.04. The van der Waals surface area contributed by atoms with Crippen molar-refractivity contribution in [2.24, 2.45) is 4.99 Å². The van der Waals surface area contributed by atoms with Crippen LogP contribution in [-0.4, -0.2) is 30.6 Å². The second-order valence-electron chi connectivity index (χ2n) is 5.91. The van der Waals surface area contributed by atoms with E-state index in [4.69, 9.17) is 4.42 Å². The van der Waals surface area contributed by atoms with Crippen molar-refractivity contribution >= 4 is 16.9 Å². The summed E-state index contributed by atoms with van der Waals surface area (Å²) in [5.41, 5.74) is 2.02. The monoisotopic (exact) mass is 354 g/mol. The van der Waals surface area contributed by atoms with Gasteiger partial charge >= 0.3 is 0 Å². The van der Waals surface area contributed by atoms with Crippen molar-refractivity contribution in [3.8, 4) is 0 Å². The molecule has 2 heterocycles. The summed E-state index contributed by atoms with van der Waals surface area (Å²) in [7, 11) is 0. The Morgan fingerprint density at radius 3 is 3.00 bits per heavy atom. The number of hydrogen-bond acceptors (Lipinski definition) is 2. The van der Waals surface area contributed by atoms with E-state index in [1.807, 2.05) is 18.3 Å². The van der Waals surface area contributed by atoms with Gasteiger partial charge in [-0.1, -0.05) is 6.08 Å². The first-order valence-electron chi connectivity index (χ1n) is 8.67. The van der Waals surface area contributed by atoms with Crippen LogP contribution in [0.25, 0.3) is 10.9 Å². The number of fused-ring (bicyclic) bond motifs is 1. The van der Waals surface area contributed by atoms with E-state index < -0.39 is 0 Å². The van der Waals surface area contributed by atoms with E-state index in [0.717, 1.165) is 41.0 Å². The SMILES string of the molecule is C=CCNC(=NCCc1ccco1)NCCc1c[nH]c2ccc(F)cc12. The number of benzene rings is 1. The third-order valence-electron chi connectivity index (χ3n) is 4.04. The molecule has 0 spiro atoms. The molecule has 0 amide bonds. The van der Waals surface area contributed by atoms with Crippen LogP contribution in [0.4, 0.5) is 4.39 Å². The zero-order chi connectivity index (χ0) is 18.2. The lowest BCUT2D eigenvalue weighted by Gasteiger charge is -2.11. The number of aliphatic imine (C=N–C) groups is 1. The van der Waals surface area contributed by atoms with Gasteiger partial charge in [0.2, 0.25) is 0 Å². The first-order chi connectivity index (χ1) is 12.8. The van der Waals surface area contributed by atoms with Crippen molar-refractivity contribution in [3.05, 3.63) is 72.6 Å². The largest absolute Gasteiger partial charge is 0.469 e. The maximum absolute atomic E-state index is 13.5. The van der Waals surface area contributed by atoms with Crippen LogP contribution in [0.5, 0.6) is 0 Å². The highest BCUT2D eigenvalue weighted by molar-refractivity contribution is 5.83. The summed E-state index contributed by atoms with van der Waals surface area (Å²) in [6.45, 7) is 5.66. The number of aromatic amines is 1. The van der Waals surface area contributed by atoms with Crippen LogP contribution in [-0.2, 0) is 12.8 Å². The van der Waals surface area contributed by atoms with E-state index in [9.17, 15) is 4.39 Å². The number of furan rings is 1. The van der Waals surface area contributed by atoms with E-state index in [2.05, 4.69) is 27.2 Å². The molecule has 3 N–H and O–H groups in total. The van der Waals surface area contributed by atoms with Crippen molar-refractivity contribution in [2.45, 2.75) is 12.8 Å². The molecule has 26 heavy (non-hydrogen) atoms. The average Bonchev–Trinajstić information content (AvgIpc) is 3.29. The van der Waals surface area contributed by atoms with Gasteiger partial charge in [-0.05, 0) is 42.3 Å². The first-order valence-corrected chi connectivity index (χ1v) is 8.67. The maximum atomic E-state index is 13.5. The van der Waals surface area contributed by atoms with Gasteiger partial charge in [0, 0.05) is 43.2 Å². The smallest absolute Gasteiger partial charge is 0.191 e. The number of nitrogens with one attached hydrogen (secondary N) is 3. The molecular weight excluding hydrogens is 331 g/mol. The van der Waals surface area contributed by atoms with E-state index in [0.29, 0.717) is 19.6 Å². The molecule has 0 saturated heterocycles. The fourth-order valence-electron chi connectivity index (χ4n) is 2.75. The predicted molar refractivity (Wildman–Crippen MR) is 103 cm³/mol. The molecule has 136 valence electrons. The Bertz CT molecular complexity index is 867. The number of aromatic nitrogens is 1. The summed E-state index contributed by atoms with van der Waals surface area (Å²) < 4.78 is 18.8. The van der Waals surface area contributed by atoms with Gasteiger partial charge in [0.25, 0.3) is 0 Å². The molecule has 0 saturated carbocycles. The minimum atomic E-state index is -0.223. The molecule has 0 aliphatic heterocycles. The van der Waals surface area contributed by atoms with Crippen LogP contribution < -0.4 is 10.6 Å². The van der Waals surface area contributed by atoms with Crippen molar-refractivity contribution < 1.29 is 8.81 Å². The highest BCUT2D eigenvalue weighted by atomic mass is 19.1. The Kier molecular flexibility index (Phi) is 6.09. The zero-order valence-corrected chi connectivity index (χ0v) is 14.6. The summed E-state index contributed by atoms with van der Waals surface area (Å²) in [5, 5.41) is 7.42. The van der Waals surface area contributed by atoms with Gasteiger partial charge in [-0.3, -0.25) is 4.99 Å². The number of hydrogen-bond donors (Lipinski definition) is 3. The molecular formula is C20H23FN4O. The molecule has 6 heteroatoms. The molecule has 0 aliphatic rings. The van der Waals surface area contributed by atoms with Crippen LogP contribution in [0.15, 0.2) is 64.9 Å². The molecule has 0 bridgehead atoms. The van der Waals surface area contributed by atoms with Crippen LogP contribution >= 0.6 is 0 Å². The minimum absolute atomic E-state index is 0.223. The van der Waals surface area contributed by atoms with Crippen LogP contribution in [0.1, 0.15) is 11.3 Å². The van der Waals surface area contributed by atoms with E-state index in [-0.39, 0.29) is 5.82 Å². The molecule has 2 aromatic heterocycles. The molecule has 0 aliphatic carbocycles.